The average molecular weight is 481 g/mol. The predicted molar refractivity (Wildman–Crippen MR) is 108 cm³/mol. The summed E-state index contributed by atoms with van der Waals surface area (Å²) in [5.74, 6) is -0.131. The van der Waals surface area contributed by atoms with Crippen LogP contribution in [0.3, 0.4) is 0 Å². The number of thioether (sulfide) groups is 1. The molecule has 0 unspecified atom stereocenters. The van der Waals surface area contributed by atoms with E-state index in [1.165, 1.54) is 23.8 Å². The van der Waals surface area contributed by atoms with Crippen LogP contribution in [-0.2, 0) is 7.05 Å². The molecule has 0 saturated carbocycles. The zero-order valence-electron chi connectivity index (χ0n) is 15.2. The molecule has 134 valence electrons. The first-order chi connectivity index (χ1) is 12.4. The van der Waals surface area contributed by atoms with Crippen molar-refractivity contribution in [3.63, 3.8) is 0 Å². The third-order valence-corrected chi connectivity index (χ3v) is 9.24. The topological polar surface area (TPSA) is 47.6 Å². The van der Waals surface area contributed by atoms with Crippen molar-refractivity contribution in [2.75, 3.05) is 11.4 Å². The number of aryl methyl sites for hydroxylation is 3. The Labute approximate surface area is 167 Å². The van der Waals surface area contributed by atoms with Gasteiger partial charge >= 0.3 is 167 Å². The minimum absolute atomic E-state index is 0.0636. The molecular weight excluding hydrogens is 460 g/mol. The van der Waals surface area contributed by atoms with Gasteiger partial charge in [0.1, 0.15) is 0 Å². The van der Waals surface area contributed by atoms with Crippen molar-refractivity contribution in [2.24, 2.45) is 7.05 Å². The summed E-state index contributed by atoms with van der Waals surface area (Å²) in [5, 5.41) is 20.8. The van der Waals surface area contributed by atoms with Gasteiger partial charge in [-0.1, -0.05) is 0 Å². The Morgan fingerprint density at radius 1 is 1.12 bits per heavy atom. The molecule has 0 fully saturated rings. The number of aromatic nitrogens is 1. The summed E-state index contributed by atoms with van der Waals surface area (Å²) in [6, 6.07) is 7.95. The van der Waals surface area contributed by atoms with Crippen molar-refractivity contribution in [3.05, 3.63) is 44.1 Å². The van der Waals surface area contributed by atoms with E-state index in [-0.39, 0.29) is 11.5 Å². The summed E-state index contributed by atoms with van der Waals surface area (Å²) in [4.78, 5) is 3.19. The number of fused-ring (bicyclic) bond motifs is 2. The molecule has 0 spiro atoms. The van der Waals surface area contributed by atoms with Crippen LogP contribution in [0.1, 0.15) is 21.8 Å². The van der Waals surface area contributed by atoms with Gasteiger partial charge in [0.15, 0.2) is 0 Å². The van der Waals surface area contributed by atoms with Crippen LogP contribution in [0.5, 0.6) is 11.5 Å². The van der Waals surface area contributed by atoms with Gasteiger partial charge < -0.3 is 0 Å². The van der Waals surface area contributed by atoms with Crippen LogP contribution in [0, 0.1) is 13.8 Å². The van der Waals surface area contributed by atoms with Gasteiger partial charge in [-0.3, -0.25) is 0 Å². The second kappa shape index (κ2) is 6.53. The molecular formula is C20H21N2O2STe+. The number of phenols is 2. The van der Waals surface area contributed by atoms with Crippen LogP contribution in [0.25, 0.3) is 15.0 Å². The van der Waals surface area contributed by atoms with Gasteiger partial charge in [0.05, 0.1) is 0 Å². The van der Waals surface area contributed by atoms with Crippen LogP contribution in [0.2, 0.25) is 0 Å². The quantitative estimate of drug-likeness (QED) is 0.334. The number of hydrogen-bond acceptors (Lipinski definition) is 4. The van der Waals surface area contributed by atoms with Gasteiger partial charge in [0.2, 0.25) is 0 Å². The monoisotopic (exact) mass is 483 g/mol. The first-order valence-corrected chi connectivity index (χ1v) is 11.7. The van der Waals surface area contributed by atoms with E-state index in [0.717, 1.165) is 22.2 Å². The third-order valence-electron chi connectivity index (χ3n) is 4.87. The van der Waals surface area contributed by atoms with Gasteiger partial charge in [0, 0.05) is 0 Å². The molecule has 1 aliphatic rings. The number of benzene rings is 2. The van der Waals surface area contributed by atoms with Crippen molar-refractivity contribution in [1.29, 1.82) is 0 Å². The molecule has 6 heteroatoms. The fourth-order valence-electron chi connectivity index (χ4n) is 3.21. The van der Waals surface area contributed by atoms with E-state index in [4.69, 9.17) is 0 Å². The van der Waals surface area contributed by atoms with Crippen LogP contribution in [0.4, 0.5) is 5.69 Å². The Kier molecular flexibility index (Phi) is 4.46. The molecule has 2 N–H and O–H groups in total. The molecule has 26 heavy (non-hydrogen) atoms. The van der Waals surface area contributed by atoms with E-state index in [9.17, 15) is 10.2 Å². The molecule has 4 rings (SSSR count). The second-order valence-corrected chi connectivity index (χ2v) is 10.6. The Morgan fingerprint density at radius 2 is 1.81 bits per heavy atom. The first kappa shape index (κ1) is 17.8. The van der Waals surface area contributed by atoms with E-state index in [1.54, 1.807) is 23.9 Å². The molecule has 2 aromatic carbocycles. The zero-order chi connectivity index (χ0) is 18.6. The maximum absolute atomic E-state index is 9.87. The third kappa shape index (κ3) is 2.81. The number of anilines is 1. The Bertz CT molecular complexity index is 1070. The molecule has 1 aliphatic heterocycles. The Balaban J connectivity index is 1.81. The minimum atomic E-state index is -0.425. The molecule has 0 bridgehead atoms. The predicted octanol–water partition coefficient (Wildman–Crippen LogP) is 3.68. The van der Waals surface area contributed by atoms with E-state index in [2.05, 4.69) is 55.5 Å². The fraction of sp³-hybridized carbons (Fsp3) is 0.250. The van der Waals surface area contributed by atoms with Crippen molar-refractivity contribution in [3.8, 4) is 11.5 Å². The maximum atomic E-state index is 9.87. The standard InChI is InChI=1S/C20H20N2O2STe/c1-5-22-13-8-15(23)16(24)9-17(13)25-19(22)10-20-21(4)14-6-11(2)12(3)7-18(14)26-20/h6-10H,5H2,1-4H3,(H-,23,24)/p+1. The van der Waals surface area contributed by atoms with E-state index in [0.29, 0.717) is 0 Å². The van der Waals surface area contributed by atoms with Gasteiger partial charge in [0.25, 0.3) is 0 Å². The number of aromatic hydroxyl groups is 2. The molecule has 0 atom stereocenters. The molecule has 3 aromatic rings. The summed E-state index contributed by atoms with van der Waals surface area (Å²) >= 11 is 1.23. The van der Waals surface area contributed by atoms with Crippen molar-refractivity contribution < 1.29 is 14.8 Å². The summed E-state index contributed by atoms with van der Waals surface area (Å²) < 4.78 is 5.20. The van der Waals surface area contributed by atoms with E-state index < -0.39 is 20.4 Å². The number of nitrogens with zero attached hydrogens (tertiary/aromatic N) is 2. The van der Waals surface area contributed by atoms with E-state index >= 15 is 0 Å². The Morgan fingerprint density at radius 3 is 2.54 bits per heavy atom. The van der Waals surface area contributed by atoms with Crippen molar-refractivity contribution >= 4 is 52.9 Å². The van der Waals surface area contributed by atoms with Crippen LogP contribution < -0.4 is 9.47 Å². The molecule has 4 nitrogen and oxygen atoms in total. The molecule has 0 radical (unpaired) electrons. The summed E-state index contributed by atoms with van der Waals surface area (Å²) in [7, 11) is 2.15. The summed E-state index contributed by atoms with van der Waals surface area (Å²) in [6.45, 7) is 7.27. The Hall–Kier alpha value is -1.61. The number of hydrogen-bond donors (Lipinski definition) is 2. The van der Waals surface area contributed by atoms with Gasteiger partial charge in [-0.15, -0.1) is 0 Å². The summed E-state index contributed by atoms with van der Waals surface area (Å²) in [5.41, 5.74) is 4.99. The average Bonchev–Trinajstić information content (AvgIpc) is 3.07. The van der Waals surface area contributed by atoms with Gasteiger partial charge in [-0.05, 0) is 0 Å². The number of rotatable bonds is 2. The van der Waals surface area contributed by atoms with Gasteiger partial charge in [-0.25, -0.2) is 0 Å². The number of phenolic OH excluding ortho intramolecular Hbond substituents is 2. The fourth-order valence-corrected chi connectivity index (χ4v) is 7.95. The second-order valence-electron chi connectivity index (χ2n) is 6.54. The van der Waals surface area contributed by atoms with E-state index in [1.807, 2.05) is 0 Å². The summed E-state index contributed by atoms with van der Waals surface area (Å²) in [6.07, 6.45) is 2.29. The normalized spacial score (nSPS) is 15.2. The van der Waals surface area contributed by atoms with Gasteiger partial charge in [-0.2, -0.15) is 0 Å². The molecule has 2 heterocycles. The zero-order valence-corrected chi connectivity index (χ0v) is 18.3. The van der Waals surface area contributed by atoms with Crippen LogP contribution in [0.15, 0.2) is 34.2 Å². The molecule has 0 amide bonds. The van der Waals surface area contributed by atoms with Crippen LogP contribution in [-0.4, -0.2) is 37.2 Å². The van der Waals surface area contributed by atoms with Crippen LogP contribution >= 0.6 is 11.8 Å². The van der Waals surface area contributed by atoms with Crippen molar-refractivity contribution in [2.45, 2.75) is 25.7 Å². The first-order valence-electron chi connectivity index (χ1n) is 8.52. The SMILES string of the molecule is CCN1C(=Cc2[te]c3cc(C)c(C)cc3[n+]2C)Sc2cc(O)c(O)cc21. The molecule has 1 aromatic heterocycles. The molecule has 0 aliphatic carbocycles. The molecule has 0 saturated heterocycles. The van der Waals surface area contributed by atoms with Crippen molar-refractivity contribution in [1.82, 2.24) is 0 Å².